The van der Waals surface area contributed by atoms with Gasteiger partial charge in [0, 0.05) is 46.8 Å². The maximum absolute atomic E-state index is 11.5. The molecule has 0 saturated carbocycles. The first-order valence-electron chi connectivity index (χ1n) is 12.0. The molecule has 2 aliphatic heterocycles. The SMILES string of the molecule is NC(=O)Nc1c(CCCCN2CCN(c3ccc4c(c3)CCCO4)CC2)sc2ccccc12. The van der Waals surface area contributed by atoms with Gasteiger partial charge in [-0.25, -0.2) is 4.79 Å². The number of nitrogens with two attached hydrogens (primary N) is 1. The van der Waals surface area contributed by atoms with E-state index in [2.05, 4.69) is 45.4 Å². The molecule has 0 aliphatic carbocycles. The van der Waals surface area contributed by atoms with Gasteiger partial charge >= 0.3 is 6.03 Å². The highest BCUT2D eigenvalue weighted by atomic mass is 32.1. The molecule has 3 heterocycles. The molecule has 1 fully saturated rings. The summed E-state index contributed by atoms with van der Waals surface area (Å²) < 4.78 is 6.96. The van der Waals surface area contributed by atoms with Gasteiger partial charge in [0.25, 0.3) is 0 Å². The van der Waals surface area contributed by atoms with E-state index in [4.69, 9.17) is 10.5 Å². The lowest BCUT2D eigenvalue weighted by Gasteiger charge is -2.36. The zero-order valence-corrected chi connectivity index (χ0v) is 19.8. The second kappa shape index (κ2) is 10.0. The van der Waals surface area contributed by atoms with Gasteiger partial charge in [0.2, 0.25) is 0 Å². The fourth-order valence-corrected chi connectivity index (χ4v) is 6.13. The molecule has 1 aromatic heterocycles. The number of ether oxygens (including phenoxy) is 1. The van der Waals surface area contributed by atoms with Crippen LogP contribution in [0.15, 0.2) is 42.5 Å². The van der Waals surface area contributed by atoms with E-state index in [9.17, 15) is 4.79 Å². The Labute approximate surface area is 199 Å². The number of rotatable bonds is 7. The average Bonchev–Trinajstić information content (AvgIpc) is 3.18. The Morgan fingerprint density at radius 1 is 1.09 bits per heavy atom. The minimum Gasteiger partial charge on any atom is -0.493 e. The highest BCUT2D eigenvalue weighted by molar-refractivity contribution is 7.19. The largest absolute Gasteiger partial charge is 0.493 e. The number of nitrogens with one attached hydrogen (secondary N) is 1. The number of primary amides is 1. The Balaban J connectivity index is 1.10. The third-order valence-corrected chi connectivity index (χ3v) is 7.90. The predicted molar refractivity (Wildman–Crippen MR) is 137 cm³/mol. The molecule has 2 aromatic carbocycles. The van der Waals surface area contributed by atoms with E-state index in [1.165, 1.54) is 20.8 Å². The van der Waals surface area contributed by atoms with Gasteiger partial charge in [-0.2, -0.15) is 0 Å². The molecule has 1 saturated heterocycles. The van der Waals surface area contributed by atoms with Gasteiger partial charge < -0.3 is 20.7 Å². The van der Waals surface area contributed by atoms with E-state index in [-0.39, 0.29) is 0 Å². The molecule has 174 valence electrons. The van der Waals surface area contributed by atoms with Crippen molar-refractivity contribution in [1.29, 1.82) is 0 Å². The van der Waals surface area contributed by atoms with Crippen LogP contribution in [0.2, 0.25) is 0 Å². The van der Waals surface area contributed by atoms with Gasteiger partial charge in [-0.05, 0) is 68.5 Å². The van der Waals surface area contributed by atoms with Crippen molar-refractivity contribution in [2.75, 3.05) is 49.5 Å². The Morgan fingerprint density at radius 3 is 2.79 bits per heavy atom. The first-order chi connectivity index (χ1) is 16.2. The number of benzene rings is 2. The van der Waals surface area contributed by atoms with Crippen molar-refractivity contribution in [2.24, 2.45) is 5.73 Å². The van der Waals surface area contributed by atoms with E-state index in [1.807, 2.05) is 12.1 Å². The van der Waals surface area contributed by atoms with Gasteiger partial charge in [-0.15, -0.1) is 11.3 Å². The van der Waals surface area contributed by atoms with Crippen LogP contribution in [-0.4, -0.2) is 50.3 Å². The quantitative estimate of drug-likeness (QED) is 0.490. The number of thiophene rings is 1. The zero-order valence-electron chi connectivity index (χ0n) is 19.0. The predicted octanol–water partition coefficient (Wildman–Crippen LogP) is 4.86. The maximum atomic E-state index is 11.5. The average molecular weight is 465 g/mol. The summed E-state index contributed by atoms with van der Waals surface area (Å²) >= 11 is 1.76. The summed E-state index contributed by atoms with van der Waals surface area (Å²) in [6.07, 6.45) is 5.46. The van der Waals surface area contributed by atoms with Gasteiger partial charge in [0.15, 0.2) is 0 Å². The van der Waals surface area contributed by atoms with Crippen molar-refractivity contribution in [3.05, 3.63) is 52.9 Å². The van der Waals surface area contributed by atoms with E-state index in [0.717, 1.165) is 88.3 Å². The third-order valence-electron chi connectivity index (χ3n) is 6.67. The van der Waals surface area contributed by atoms with E-state index in [0.29, 0.717) is 0 Å². The van der Waals surface area contributed by atoms with Crippen LogP contribution in [-0.2, 0) is 12.8 Å². The number of nitrogens with zero attached hydrogens (tertiary/aromatic N) is 2. The number of hydrogen-bond acceptors (Lipinski definition) is 5. The summed E-state index contributed by atoms with van der Waals surface area (Å²) in [5, 5.41) is 3.94. The molecule has 6 nitrogen and oxygen atoms in total. The van der Waals surface area contributed by atoms with Crippen molar-refractivity contribution in [2.45, 2.75) is 32.1 Å². The number of piperazine rings is 1. The van der Waals surface area contributed by atoms with Crippen molar-refractivity contribution in [3.8, 4) is 5.75 Å². The molecule has 33 heavy (non-hydrogen) atoms. The maximum Gasteiger partial charge on any atom is 0.316 e. The Bertz CT molecular complexity index is 1120. The lowest BCUT2D eigenvalue weighted by atomic mass is 10.0. The molecule has 2 amide bonds. The minimum absolute atomic E-state index is 0.496. The molecule has 0 unspecified atom stereocenters. The van der Waals surface area contributed by atoms with Crippen LogP contribution in [0.25, 0.3) is 10.1 Å². The van der Waals surface area contributed by atoms with Gasteiger partial charge in [0.1, 0.15) is 5.75 Å². The molecule has 3 aromatic rings. The number of carbonyl (C=O) groups excluding carboxylic acids is 1. The monoisotopic (exact) mass is 464 g/mol. The number of aryl methyl sites for hydroxylation is 2. The summed E-state index contributed by atoms with van der Waals surface area (Å²) in [5.41, 5.74) is 9.00. The Kier molecular flexibility index (Phi) is 6.69. The fourth-order valence-electron chi connectivity index (χ4n) is 4.93. The molecule has 0 radical (unpaired) electrons. The van der Waals surface area contributed by atoms with Crippen LogP contribution >= 0.6 is 11.3 Å². The summed E-state index contributed by atoms with van der Waals surface area (Å²) in [7, 11) is 0. The molecule has 0 spiro atoms. The van der Waals surface area contributed by atoms with Crippen LogP contribution in [0.3, 0.4) is 0 Å². The second-order valence-corrected chi connectivity index (χ2v) is 10.1. The normalized spacial score (nSPS) is 16.4. The second-order valence-electron chi connectivity index (χ2n) is 8.92. The van der Waals surface area contributed by atoms with Gasteiger partial charge in [-0.3, -0.25) is 4.90 Å². The topological polar surface area (TPSA) is 70.8 Å². The minimum atomic E-state index is -0.496. The molecule has 0 atom stereocenters. The molecule has 2 aliphatic rings. The number of fused-ring (bicyclic) bond motifs is 2. The van der Waals surface area contributed by atoms with E-state index < -0.39 is 6.03 Å². The smallest absolute Gasteiger partial charge is 0.316 e. The first kappa shape index (κ1) is 22.0. The summed E-state index contributed by atoms with van der Waals surface area (Å²) in [5.74, 6) is 1.07. The van der Waals surface area contributed by atoms with Crippen LogP contribution in [0.4, 0.5) is 16.2 Å². The summed E-state index contributed by atoms with van der Waals surface area (Å²) in [6, 6.07) is 14.4. The standard InChI is InChI=1S/C26H32N4O2S/c27-26(31)28-25-21-7-1-2-8-23(21)33-24(25)9-3-4-12-29-13-15-30(16-14-29)20-10-11-22-19(18-20)6-5-17-32-22/h1-2,7-8,10-11,18H,3-6,9,12-17H2,(H3,27,28,31). The molecule has 3 N–H and O–H groups in total. The highest BCUT2D eigenvalue weighted by Crippen LogP contribution is 2.36. The van der Waals surface area contributed by atoms with Crippen molar-refractivity contribution in [3.63, 3.8) is 0 Å². The number of carbonyl (C=O) groups is 1. The lowest BCUT2D eigenvalue weighted by Crippen LogP contribution is -2.46. The molecule has 7 heteroatoms. The van der Waals surface area contributed by atoms with Gasteiger partial charge in [0.05, 0.1) is 12.3 Å². The van der Waals surface area contributed by atoms with Crippen LogP contribution < -0.4 is 20.7 Å². The van der Waals surface area contributed by atoms with E-state index in [1.54, 1.807) is 11.3 Å². The Morgan fingerprint density at radius 2 is 1.94 bits per heavy atom. The van der Waals surface area contributed by atoms with Crippen molar-refractivity contribution < 1.29 is 9.53 Å². The van der Waals surface area contributed by atoms with Crippen LogP contribution in [0.1, 0.15) is 29.7 Å². The third kappa shape index (κ3) is 5.09. The number of unbranched alkanes of at least 4 members (excludes halogenated alkanes) is 1. The van der Waals surface area contributed by atoms with Crippen molar-refractivity contribution >= 4 is 38.8 Å². The summed E-state index contributed by atoms with van der Waals surface area (Å²) in [6.45, 7) is 6.31. The van der Waals surface area contributed by atoms with Gasteiger partial charge in [-0.1, -0.05) is 18.2 Å². The van der Waals surface area contributed by atoms with E-state index >= 15 is 0 Å². The summed E-state index contributed by atoms with van der Waals surface area (Å²) in [4.78, 5) is 17.8. The van der Waals surface area contributed by atoms with Crippen molar-refractivity contribution in [1.82, 2.24) is 4.90 Å². The number of urea groups is 1. The molecular weight excluding hydrogens is 432 g/mol. The lowest BCUT2D eigenvalue weighted by molar-refractivity contribution is 0.253. The first-order valence-corrected chi connectivity index (χ1v) is 12.8. The number of amides is 2. The highest BCUT2D eigenvalue weighted by Gasteiger charge is 2.19. The number of hydrogen-bond donors (Lipinski definition) is 2. The van der Waals surface area contributed by atoms with Crippen LogP contribution in [0.5, 0.6) is 5.75 Å². The molecule has 5 rings (SSSR count). The Hall–Kier alpha value is -2.77. The van der Waals surface area contributed by atoms with Crippen LogP contribution in [0, 0.1) is 0 Å². The fraction of sp³-hybridized carbons (Fsp3) is 0.423. The molecule has 0 bridgehead atoms. The zero-order chi connectivity index (χ0) is 22.6. The number of anilines is 2. The molecular formula is C26H32N4O2S.